The summed E-state index contributed by atoms with van der Waals surface area (Å²) >= 11 is 1.17. The van der Waals surface area contributed by atoms with Crippen molar-refractivity contribution in [1.29, 1.82) is 0 Å². The Morgan fingerprint density at radius 3 is 2.35 bits per heavy atom. The maximum Gasteiger partial charge on any atom is 0.358 e. The molecule has 0 unspecified atom stereocenters. The first-order valence-corrected chi connectivity index (χ1v) is 5.94. The number of ether oxygens (including phenoxy) is 1. The van der Waals surface area contributed by atoms with Gasteiger partial charge in [0.15, 0.2) is 16.6 Å². The van der Waals surface area contributed by atoms with E-state index in [1.807, 2.05) is 20.8 Å². The molecular weight excluding hydrogens is 240 g/mol. The van der Waals surface area contributed by atoms with Gasteiger partial charge < -0.3 is 10.1 Å². The number of esters is 1. The molecule has 6 heteroatoms. The summed E-state index contributed by atoms with van der Waals surface area (Å²) in [5.74, 6) is -0.779. The van der Waals surface area contributed by atoms with E-state index in [1.54, 1.807) is 0 Å². The van der Waals surface area contributed by atoms with E-state index in [0.29, 0.717) is 10.0 Å². The molecule has 0 radical (unpaired) electrons. The van der Waals surface area contributed by atoms with E-state index >= 15 is 0 Å². The van der Waals surface area contributed by atoms with Crippen molar-refractivity contribution in [1.82, 2.24) is 4.98 Å². The summed E-state index contributed by atoms with van der Waals surface area (Å²) in [5.41, 5.74) is -0.101. The number of thiazole rings is 1. The molecule has 1 heterocycles. The topological polar surface area (TPSA) is 68.3 Å². The number of aromatic nitrogens is 1. The normalized spacial score (nSPS) is 11.1. The van der Waals surface area contributed by atoms with Gasteiger partial charge in [0.2, 0.25) is 0 Å². The number of carbonyl (C=O) groups is 2. The number of methoxy groups -OCH3 is 1. The minimum Gasteiger partial charge on any atom is -0.464 e. The highest BCUT2D eigenvalue weighted by Gasteiger charge is 2.23. The van der Waals surface area contributed by atoms with Gasteiger partial charge in [-0.2, -0.15) is 0 Å². The Balaban J connectivity index is 3.13. The van der Waals surface area contributed by atoms with Gasteiger partial charge in [0.1, 0.15) is 4.88 Å². The van der Waals surface area contributed by atoms with E-state index in [1.165, 1.54) is 25.4 Å². The van der Waals surface area contributed by atoms with Crippen LogP contribution in [0, 0.1) is 0 Å². The maximum atomic E-state index is 11.5. The van der Waals surface area contributed by atoms with E-state index in [2.05, 4.69) is 15.0 Å². The number of rotatable bonds is 3. The first kappa shape index (κ1) is 13.6. The second kappa shape index (κ2) is 4.83. The molecule has 0 bridgehead atoms. The Kier molecular flexibility index (Phi) is 3.87. The molecule has 5 nitrogen and oxygen atoms in total. The lowest BCUT2D eigenvalue weighted by molar-refractivity contribution is 0.0591. The first-order chi connectivity index (χ1) is 7.74. The van der Waals surface area contributed by atoms with Gasteiger partial charge in [-0.15, -0.1) is 0 Å². The quantitative estimate of drug-likeness (QED) is 0.664. The Bertz CT molecular complexity index is 446. The number of anilines is 1. The predicted molar refractivity (Wildman–Crippen MR) is 66.8 cm³/mol. The Morgan fingerprint density at radius 1 is 1.35 bits per heavy atom. The lowest BCUT2D eigenvalue weighted by Gasteiger charge is -2.19. The molecule has 0 aromatic carbocycles. The van der Waals surface area contributed by atoms with Crippen LogP contribution in [0.1, 0.15) is 47.9 Å². The molecule has 0 atom stereocenters. The summed E-state index contributed by atoms with van der Waals surface area (Å²) in [6, 6.07) is 0. The third-order valence-corrected chi connectivity index (χ3v) is 2.88. The molecule has 0 spiro atoms. The predicted octanol–water partition coefficient (Wildman–Crippen LogP) is 2.34. The third kappa shape index (κ3) is 3.52. The third-order valence-electron chi connectivity index (χ3n) is 1.81. The molecule has 0 saturated carbocycles. The van der Waals surface area contributed by atoms with Crippen molar-refractivity contribution in [3.63, 3.8) is 0 Å². The van der Waals surface area contributed by atoms with Crippen LogP contribution < -0.4 is 5.32 Å². The molecule has 0 saturated heterocycles. The van der Waals surface area contributed by atoms with Gasteiger partial charge in [-0.3, -0.25) is 4.79 Å². The zero-order valence-electron chi connectivity index (χ0n) is 10.6. The van der Waals surface area contributed by atoms with Gasteiger partial charge in [-0.1, -0.05) is 11.3 Å². The summed E-state index contributed by atoms with van der Waals surface area (Å²) in [4.78, 5) is 27.3. The number of carbonyl (C=O) groups excluding carboxylic acids is 2. The van der Waals surface area contributed by atoms with E-state index in [9.17, 15) is 9.59 Å². The second-order valence-corrected chi connectivity index (χ2v) is 5.62. The average molecular weight is 256 g/mol. The second-order valence-electron chi connectivity index (χ2n) is 4.62. The van der Waals surface area contributed by atoms with Gasteiger partial charge in [0.05, 0.1) is 7.11 Å². The average Bonchev–Trinajstić information content (AvgIpc) is 2.57. The van der Waals surface area contributed by atoms with Crippen LogP contribution in [0.15, 0.2) is 0 Å². The molecule has 0 aliphatic carbocycles. The van der Waals surface area contributed by atoms with Gasteiger partial charge in [-0.25, -0.2) is 9.78 Å². The van der Waals surface area contributed by atoms with Crippen LogP contribution in [-0.4, -0.2) is 29.4 Å². The van der Waals surface area contributed by atoms with Crippen molar-refractivity contribution in [2.45, 2.75) is 33.2 Å². The maximum absolute atomic E-state index is 11.5. The Morgan fingerprint density at radius 2 is 1.94 bits per heavy atom. The fraction of sp³-hybridized carbons (Fsp3) is 0.545. The van der Waals surface area contributed by atoms with Crippen molar-refractivity contribution < 1.29 is 14.3 Å². The molecule has 0 aliphatic rings. The van der Waals surface area contributed by atoms with Crippen LogP contribution in [-0.2, 0) is 4.74 Å². The van der Waals surface area contributed by atoms with Crippen LogP contribution in [0.4, 0.5) is 5.13 Å². The van der Waals surface area contributed by atoms with E-state index in [-0.39, 0.29) is 17.0 Å². The monoisotopic (exact) mass is 256 g/mol. The highest BCUT2D eigenvalue weighted by Crippen LogP contribution is 2.26. The molecule has 1 rings (SSSR count). The van der Waals surface area contributed by atoms with Crippen LogP contribution in [0.3, 0.4) is 0 Å². The fourth-order valence-corrected chi connectivity index (χ4v) is 2.22. The van der Waals surface area contributed by atoms with Crippen molar-refractivity contribution in [2.75, 3.05) is 12.4 Å². The van der Waals surface area contributed by atoms with Crippen LogP contribution in [0.25, 0.3) is 0 Å². The number of ketones is 1. The molecule has 1 aromatic rings. The number of nitrogens with one attached hydrogen (secondary N) is 1. The minimum absolute atomic E-state index is 0.0803. The summed E-state index contributed by atoms with van der Waals surface area (Å²) < 4.78 is 4.60. The molecule has 1 aromatic heterocycles. The van der Waals surface area contributed by atoms with E-state index in [4.69, 9.17) is 0 Å². The zero-order chi connectivity index (χ0) is 13.2. The smallest absolute Gasteiger partial charge is 0.358 e. The van der Waals surface area contributed by atoms with Crippen LogP contribution >= 0.6 is 11.3 Å². The number of hydrogen-bond acceptors (Lipinski definition) is 6. The largest absolute Gasteiger partial charge is 0.464 e. The molecule has 0 fully saturated rings. The molecule has 0 amide bonds. The zero-order valence-corrected chi connectivity index (χ0v) is 11.4. The lowest BCUT2D eigenvalue weighted by atomic mass is 10.1. The lowest BCUT2D eigenvalue weighted by Crippen LogP contribution is -2.25. The molecular formula is C11H16N2O3S. The number of Topliss-reactive ketones (excluding diaryl/α,β-unsaturated/α-hetero) is 1. The Labute approximate surface area is 104 Å². The summed E-state index contributed by atoms with van der Waals surface area (Å²) in [6.07, 6.45) is 0. The Hall–Kier alpha value is -1.43. The van der Waals surface area contributed by atoms with E-state index < -0.39 is 5.97 Å². The van der Waals surface area contributed by atoms with E-state index in [0.717, 1.165) is 0 Å². The highest BCUT2D eigenvalue weighted by molar-refractivity contribution is 7.17. The SMILES string of the molecule is COC(=O)c1nc(NC(C)(C)C)sc1C(C)=O. The van der Waals surface area contributed by atoms with Crippen molar-refractivity contribution >= 4 is 28.2 Å². The van der Waals surface area contributed by atoms with Crippen molar-refractivity contribution in [3.8, 4) is 0 Å². The van der Waals surface area contributed by atoms with Crippen molar-refractivity contribution in [3.05, 3.63) is 10.6 Å². The van der Waals surface area contributed by atoms with Gasteiger partial charge >= 0.3 is 5.97 Å². The molecule has 94 valence electrons. The fourth-order valence-electron chi connectivity index (χ4n) is 1.17. The van der Waals surface area contributed by atoms with Gasteiger partial charge in [0, 0.05) is 12.5 Å². The van der Waals surface area contributed by atoms with Crippen LogP contribution in [0.2, 0.25) is 0 Å². The minimum atomic E-state index is -0.589. The first-order valence-electron chi connectivity index (χ1n) is 5.13. The standard InChI is InChI=1S/C11H16N2O3S/c1-6(14)8-7(9(15)16-5)12-10(17-8)13-11(2,3)4/h1-5H3,(H,12,13). The van der Waals surface area contributed by atoms with Crippen LogP contribution in [0.5, 0.6) is 0 Å². The molecule has 1 N–H and O–H groups in total. The van der Waals surface area contributed by atoms with Crippen molar-refractivity contribution in [2.24, 2.45) is 0 Å². The number of hydrogen-bond donors (Lipinski definition) is 1. The highest BCUT2D eigenvalue weighted by atomic mass is 32.1. The molecule has 0 aliphatic heterocycles. The summed E-state index contributed by atoms with van der Waals surface area (Å²) in [7, 11) is 1.27. The number of nitrogens with zero attached hydrogens (tertiary/aromatic N) is 1. The summed E-state index contributed by atoms with van der Waals surface area (Å²) in [6.45, 7) is 7.32. The van der Waals surface area contributed by atoms with Gasteiger partial charge in [0.25, 0.3) is 0 Å². The molecule has 17 heavy (non-hydrogen) atoms. The summed E-state index contributed by atoms with van der Waals surface area (Å²) in [5, 5.41) is 3.67. The van der Waals surface area contributed by atoms with Gasteiger partial charge in [-0.05, 0) is 20.8 Å².